The molecule has 5 saturated carbocycles. The summed E-state index contributed by atoms with van der Waals surface area (Å²) in [5, 5.41) is 0. The molecule has 0 aromatic rings. The van der Waals surface area contributed by atoms with Crippen molar-refractivity contribution < 1.29 is 14.5 Å². The van der Waals surface area contributed by atoms with Gasteiger partial charge in [-0.1, -0.05) is 13.3 Å². The second-order valence-electron chi connectivity index (χ2n) is 8.41. The topological polar surface area (TPSA) is 27.7 Å². The lowest BCUT2D eigenvalue weighted by atomic mass is 9.53. The molecule has 6 aliphatic rings. The first-order chi connectivity index (χ1) is 9.68. The standard InChI is InChI=1S/C17H26O3/c1-11-3-2-4-16(10-11)18-17(20-19-16)14-6-12-5-13(8-14)9-15(17)7-12/h11-15H,2-10H2,1H3. The minimum absolute atomic E-state index is 0.371. The van der Waals surface area contributed by atoms with Gasteiger partial charge in [0.15, 0.2) is 0 Å². The Hall–Kier alpha value is -0.120. The summed E-state index contributed by atoms with van der Waals surface area (Å²) in [6, 6.07) is 0. The summed E-state index contributed by atoms with van der Waals surface area (Å²) in [5.74, 6) is 2.98. The van der Waals surface area contributed by atoms with Crippen LogP contribution in [0.1, 0.15) is 64.7 Å². The molecule has 6 fully saturated rings. The van der Waals surface area contributed by atoms with Crippen molar-refractivity contribution in [2.75, 3.05) is 0 Å². The van der Waals surface area contributed by atoms with Gasteiger partial charge in [0.1, 0.15) is 0 Å². The Morgan fingerprint density at radius 3 is 2.25 bits per heavy atom. The summed E-state index contributed by atoms with van der Waals surface area (Å²) >= 11 is 0. The van der Waals surface area contributed by atoms with Gasteiger partial charge in [-0.15, -0.1) is 0 Å². The highest BCUT2D eigenvalue weighted by Gasteiger charge is 2.66. The van der Waals surface area contributed by atoms with Crippen LogP contribution in [-0.2, 0) is 14.5 Å². The molecule has 1 saturated heterocycles. The molecule has 4 bridgehead atoms. The first-order valence-electron chi connectivity index (χ1n) is 8.74. The maximum absolute atomic E-state index is 6.68. The summed E-state index contributed by atoms with van der Waals surface area (Å²) in [6.07, 6.45) is 11.2. The summed E-state index contributed by atoms with van der Waals surface area (Å²) in [6.45, 7) is 2.31. The Bertz CT molecular complexity index is 392. The lowest BCUT2D eigenvalue weighted by molar-refractivity contribution is -0.390. The van der Waals surface area contributed by atoms with Crippen LogP contribution in [0.25, 0.3) is 0 Å². The van der Waals surface area contributed by atoms with E-state index < -0.39 is 5.79 Å². The van der Waals surface area contributed by atoms with Gasteiger partial charge in [-0.2, -0.15) is 9.78 Å². The molecule has 20 heavy (non-hydrogen) atoms. The third-order valence-electron chi connectivity index (χ3n) is 6.86. The molecule has 1 heterocycles. The number of hydrogen-bond donors (Lipinski definition) is 0. The molecule has 2 atom stereocenters. The first kappa shape index (κ1) is 12.4. The molecule has 5 aliphatic carbocycles. The van der Waals surface area contributed by atoms with Crippen molar-refractivity contribution in [1.29, 1.82) is 0 Å². The van der Waals surface area contributed by atoms with E-state index in [1.807, 2.05) is 0 Å². The molecule has 0 radical (unpaired) electrons. The molecule has 0 aromatic heterocycles. The SMILES string of the molecule is CC1CCCC2(C1)OOC1(O2)C2CC3CC(C2)CC1C3. The molecule has 0 amide bonds. The average molecular weight is 278 g/mol. The largest absolute Gasteiger partial charge is 0.312 e. The smallest absolute Gasteiger partial charge is 0.210 e. The highest BCUT2D eigenvalue weighted by molar-refractivity contribution is 5.05. The molecule has 1 aliphatic heterocycles. The van der Waals surface area contributed by atoms with Crippen LogP contribution >= 0.6 is 0 Å². The molecule has 3 nitrogen and oxygen atoms in total. The van der Waals surface area contributed by atoms with Crippen LogP contribution in [0, 0.1) is 29.6 Å². The van der Waals surface area contributed by atoms with Gasteiger partial charge in [0.25, 0.3) is 0 Å². The van der Waals surface area contributed by atoms with E-state index >= 15 is 0 Å². The van der Waals surface area contributed by atoms with Crippen LogP contribution in [-0.4, -0.2) is 11.6 Å². The Kier molecular flexibility index (Phi) is 2.48. The molecular formula is C17H26O3. The van der Waals surface area contributed by atoms with Crippen LogP contribution in [0.2, 0.25) is 0 Å². The summed E-state index contributed by atoms with van der Waals surface area (Å²) < 4.78 is 6.68. The molecule has 112 valence electrons. The normalized spacial score (nSPS) is 60.8. The van der Waals surface area contributed by atoms with Gasteiger partial charge in [0.2, 0.25) is 11.6 Å². The second kappa shape index (κ2) is 3.99. The van der Waals surface area contributed by atoms with E-state index in [-0.39, 0.29) is 5.79 Å². The van der Waals surface area contributed by atoms with E-state index in [1.54, 1.807) is 0 Å². The zero-order valence-electron chi connectivity index (χ0n) is 12.5. The van der Waals surface area contributed by atoms with Crippen LogP contribution in [0.15, 0.2) is 0 Å². The average Bonchev–Trinajstić information content (AvgIpc) is 2.76. The van der Waals surface area contributed by atoms with Crippen LogP contribution in [0.5, 0.6) is 0 Å². The maximum Gasteiger partial charge on any atom is 0.210 e. The lowest BCUT2D eigenvalue weighted by Gasteiger charge is -2.57. The molecular weight excluding hydrogens is 252 g/mol. The highest BCUT2D eigenvalue weighted by atomic mass is 17.3. The maximum atomic E-state index is 6.68. The van der Waals surface area contributed by atoms with E-state index in [0.717, 1.165) is 24.7 Å². The van der Waals surface area contributed by atoms with Crippen molar-refractivity contribution in [3.8, 4) is 0 Å². The minimum Gasteiger partial charge on any atom is -0.312 e. The van der Waals surface area contributed by atoms with E-state index in [0.29, 0.717) is 17.8 Å². The van der Waals surface area contributed by atoms with Gasteiger partial charge in [0, 0.05) is 24.7 Å². The molecule has 2 unspecified atom stereocenters. The number of rotatable bonds is 0. The van der Waals surface area contributed by atoms with E-state index in [4.69, 9.17) is 14.5 Å². The number of hydrogen-bond acceptors (Lipinski definition) is 3. The summed E-state index contributed by atoms with van der Waals surface area (Å²) in [5.41, 5.74) is 0. The second-order valence-corrected chi connectivity index (χ2v) is 8.41. The summed E-state index contributed by atoms with van der Waals surface area (Å²) in [4.78, 5) is 11.9. The molecule has 6 rings (SSSR count). The Morgan fingerprint density at radius 2 is 1.60 bits per heavy atom. The molecule has 0 N–H and O–H groups in total. The fourth-order valence-corrected chi connectivity index (χ4v) is 6.23. The van der Waals surface area contributed by atoms with E-state index in [9.17, 15) is 0 Å². The Morgan fingerprint density at radius 1 is 0.900 bits per heavy atom. The summed E-state index contributed by atoms with van der Waals surface area (Å²) in [7, 11) is 0. The Balaban J connectivity index is 1.44. The van der Waals surface area contributed by atoms with E-state index in [1.165, 1.54) is 44.9 Å². The lowest BCUT2D eigenvalue weighted by Crippen LogP contribution is -2.59. The van der Waals surface area contributed by atoms with Crippen molar-refractivity contribution in [3.05, 3.63) is 0 Å². The zero-order chi connectivity index (χ0) is 13.4. The first-order valence-corrected chi connectivity index (χ1v) is 8.74. The highest BCUT2D eigenvalue weighted by Crippen LogP contribution is 2.63. The quantitative estimate of drug-likeness (QED) is 0.626. The van der Waals surface area contributed by atoms with Crippen LogP contribution in [0.3, 0.4) is 0 Å². The van der Waals surface area contributed by atoms with Gasteiger partial charge in [-0.25, -0.2) is 0 Å². The number of ether oxygens (including phenoxy) is 1. The van der Waals surface area contributed by atoms with E-state index in [2.05, 4.69) is 6.92 Å². The molecule has 3 heteroatoms. The van der Waals surface area contributed by atoms with Crippen LogP contribution < -0.4 is 0 Å². The van der Waals surface area contributed by atoms with Gasteiger partial charge < -0.3 is 4.74 Å². The predicted octanol–water partition coefficient (Wildman–Crippen LogP) is 4.02. The van der Waals surface area contributed by atoms with Gasteiger partial charge >= 0.3 is 0 Å². The zero-order valence-corrected chi connectivity index (χ0v) is 12.5. The fraction of sp³-hybridized carbons (Fsp3) is 1.00. The van der Waals surface area contributed by atoms with Crippen molar-refractivity contribution in [3.63, 3.8) is 0 Å². The fourth-order valence-electron chi connectivity index (χ4n) is 6.23. The molecule has 2 spiro atoms. The van der Waals surface area contributed by atoms with Crippen molar-refractivity contribution in [2.24, 2.45) is 29.6 Å². The van der Waals surface area contributed by atoms with Crippen LogP contribution in [0.4, 0.5) is 0 Å². The van der Waals surface area contributed by atoms with Gasteiger partial charge in [0.05, 0.1) is 0 Å². The minimum atomic E-state index is -0.410. The third-order valence-corrected chi connectivity index (χ3v) is 6.86. The molecule has 0 aromatic carbocycles. The van der Waals surface area contributed by atoms with Gasteiger partial charge in [-0.3, -0.25) is 0 Å². The van der Waals surface area contributed by atoms with Gasteiger partial charge in [-0.05, 0) is 56.3 Å². The third kappa shape index (κ3) is 1.57. The van der Waals surface area contributed by atoms with Crippen molar-refractivity contribution >= 4 is 0 Å². The Labute approximate surface area is 121 Å². The van der Waals surface area contributed by atoms with Crippen molar-refractivity contribution in [2.45, 2.75) is 76.3 Å². The monoisotopic (exact) mass is 278 g/mol. The predicted molar refractivity (Wildman–Crippen MR) is 73.4 cm³/mol. The van der Waals surface area contributed by atoms with Crippen molar-refractivity contribution in [1.82, 2.24) is 0 Å².